The van der Waals surface area contributed by atoms with Gasteiger partial charge in [0.25, 0.3) is 5.69 Å². The standard InChI is InChI=1S/C13H20N4O3/c1-15-6-3-7-16(2)9-11-5-4-10(13(14)18)8-12(11)17(19)20/h4-5,8,15H,3,6-7,9H2,1-2H3,(H2,14,18). The zero-order chi connectivity index (χ0) is 15.1. The van der Waals surface area contributed by atoms with Crippen LogP contribution >= 0.6 is 0 Å². The zero-order valence-corrected chi connectivity index (χ0v) is 11.8. The molecule has 0 heterocycles. The number of carbonyl (C=O) groups excluding carboxylic acids is 1. The second-order valence-electron chi connectivity index (χ2n) is 4.66. The number of nitrogens with zero attached hydrogens (tertiary/aromatic N) is 2. The van der Waals surface area contributed by atoms with Crippen molar-refractivity contribution in [2.24, 2.45) is 5.73 Å². The predicted octanol–water partition coefficient (Wildman–Crippen LogP) is 0.735. The molecule has 20 heavy (non-hydrogen) atoms. The number of nitrogens with one attached hydrogen (secondary N) is 1. The van der Waals surface area contributed by atoms with E-state index in [1.807, 2.05) is 19.0 Å². The highest BCUT2D eigenvalue weighted by Crippen LogP contribution is 2.21. The second-order valence-corrected chi connectivity index (χ2v) is 4.66. The summed E-state index contributed by atoms with van der Waals surface area (Å²) in [5.41, 5.74) is 5.80. The normalized spacial score (nSPS) is 10.8. The Kier molecular flexibility index (Phi) is 6.08. The van der Waals surface area contributed by atoms with Crippen molar-refractivity contribution in [2.45, 2.75) is 13.0 Å². The minimum atomic E-state index is -0.665. The summed E-state index contributed by atoms with van der Waals surface area (Å²) in [5.74, 6) is -0.665. The van der Waals surface area contributed by atoms with Gasteiger partial charge in [-0.15, -0.1) is 0 Å². The molecule has 0 spiro atoms. The van der Waals surface area contributed by atoms with Crippen molar-refractivity contribution in [1.82, 2.24) is 10.2 Å². The fraction of sp³-hybridized carbons (Fsp3) is 0.462. The van der Waals surface area contributed by atoms with Gasteiger partial charge in [-0.05, 0) is 39.7 Å². The van der Waals surface area contributed by atoms with Gasteiger partial charge in [0.15, 0.2) is 0 Å². The third-order valence-corrected chi connectivity index (χ3v) is 2.97. The molecule has 7 nitrogen and oxygen atoms in total. The van der Waals surface area contributed by atoms with Crippen LogP contribution in [0.25, 0.3) is 0 Å². The van der Waals surface area contributed by atoms with E-state index in [2.05, 4.69) is 5.32 Å². The molecule has 1 rings (SSSR count). The number of carbonyl (C=O) groups is 1. The summed E-state index contributed by atoms with van der Waals surface area (Å²) < 4.78 is 0. The van der Waals surface area contributed by atoms with Gasteiger partial charge < -0.3 is 16.0 Å². The van der Waals surface area contributed by atoms with Gasteiger partial charge in [-0.25, -0.2) is 0 Å². The zero-order valence-electron chi connectivity index (χ0n) is 11.8. The van der Waals surface area contributed by atoms with Gasteiger partial charge in [0.05, 0.1) is 4.92 Å². The summed E-state index contributed by atoms with van der Waals surface area (Å²) in [4.78, 5) is 23.6. The van der Waals surface area contributed by atoms with Crippen LogP contribution in [0.2, 0.25) is 0 Å². The van der Waals surface area contributed by atoms with E-state index < -0.39 is 10.8 Å². The molecule has 1 amide bonds. The Morgan fingerprint density at radius 2 is 2.20 bits per heavy atom. The molecule has 0 unspecified atom stereocenters. The molecule has 0 radical (unpaired) electrons. The monoisotopic (exact) mass is 280 g/mol. The Balaban J connectivity index is 2.83. The highest BCUT2D eigenvalue weighted by Gasteiger charge is 2.17. The maximum atomic E-state index is 11.1. The first-order valence-electron chi connectivity index (χ1n) is 6.36. The third kappa shape index (κ3) is 4.60. The van der Waals surface area contributed by atoms with Crippen molar-refractivity contribution in [3.05, 3.63) is 39.4 Å². The topological polar surface area (TPSA) is 102 Å². The second kappa shape index (κ2) is 7.56. The van der Waals surface area contributed by atoms with Crippen molar-refractivity contribution < 1.29 is 9.72 Å². The summed E-state index contributed by atoms with van der Waals surface area (Å²) in [6.07, 6.45) is 0.958. The number of amides is 1. The molecule has 0 aliphatic rings. The van der Waals surface area contributed by atoms with E-state index in [1.165, 1.54) is 12.1 Å². The molecule has 110 valence electrons. The van der Waals surface area contributed by atoms with E-state index in [0.717, 1.165) is 19.5 Å². The molecular formula is C13H20N4O3. The van der Waals surface area contributed by atoms with Crippen LogP contribution in [0.15, 0.2) is 18.2 Å². The summed E-state index contributed by atoms with van der Waals surface area (Å²) >= 11 is 0. The van der Waals surface area contributed by atoms with Crippen molar-refractivity contribution in [1.29, 1.82) is 0 Å². The Hall–Kier alpha value is -1.99. The van der Waals surface area contributed by atoms with Crippen molar-refractivity contribution in [3.8, 4) is 0 Å². The SMILES string of the molecule is CNCCCN(C)Cc1ccc(C(N)=O)cc1[N+](=O)[O-]. The lowest BCUT2D eigenvalue weighted by Crippen LogP contribution is -2.23. The largest absolute Gasteiger partial charge is 0.366 e. The maximum absolute atomic E-state index is 11.1. The molecule has 3 N–H and O–H groups in total. The Bertz CT molecular complexity index is 491. The summed E-state index contributed by atoms with van der Waals surface area (Å²) in [6, 6.07) is 4.35. The maximum Gasteiger partial charge on any atom is 0.274 e. The number of nitro benzene ring substituents is 1. The van der Waals surface area contributed by atoms with Gasteiger partial charge in [-0.1, -0.05) is 6.07 Å². The van der Waals surface area contributed by atoms with Crippen LogP contribution in [0.3, 0.4) is 0 Å². The molecule has 0 saturated heterocycles. The average Bonchev–Trinajstić information content (AvgIpc) is 2.38. The van der Waals surface area contributed by atoms with Crippen molar-refractivity contribution in [2.75, 3.05) is 27.2 Å². The number of hydrogen-bond acceptors (Lipinski definition) is 5. The van der Waals surface area contributed by atoms with Crippen molar-refractivity contribution >= 4 is 11.6 Å². The minimum absolute atomic E-state index is 0.0678. The molecule has 1 aromatic rings. The quantitative estimate of drug-likeness (QED) is 0.415. The third-order valence-electron chi connectivity index (χ3n) is 2.97. The number of rotatable bonds is 8. The van der Waals surface area contributed by atoms with Crippen LogP contribution in [-0.2, 0) is 6.54 Å². The number of nitro groups is 1. The molecule has 1 aromatic carbocycles. The fourth-order valence-electron chi connectivity index (χ4n) is 1.92. The van der Waals surface area contributed by atoms with E-state index in [4.69, 9.17) is 5.73 Å². The fourth-order valence-corrected chi connectivity index (χ4v) is 1.92. The van der Waals surface area contributed by atoms with Crippen molar-refractivity contribution in [3.63, 3.8) is 0 Å². The smallest absolute Gasteiger partial charge is 0.274 e. The van der Waals surface area contributed by atoms with Gasteiger partial charge in [-0.3, -0.25) is 14.9 Å². The number of nitrogens with two attached hydrogens (primary N) is 1. The van der Waals surface area contributed by atoms with Crippen LogP contribution < -0.4 is 11.1 Å². The first-order chi connectivity index (χ1) is 9.45. The summed E-state index contributed by atoms with van der Waals surface area (Å²) in [7, 11) is 3.79. The predicted molar refractivity (Wildman–Crippen MR) is 76.5 cm³/mol. The highest BCUT2D eigenvalue weighted by atomic mass is 16.6. The van der Waals surface area contributed by atoms with Gasteiger partial charge >= 0.3 is 0 Å². The van der Waals surface area contributed by atoms with Gasteiger partial charge in [0, 0.05) is 23.7 Å². The molecule has 0 fully saturated rings. The molecule has 0 bridgehead atoms. The Labute approximate surface area is 117 Å². The molecule has 0 atom stereocenters. The summed E-state index contributed by atoms with van der Waals surface area (Å²) in [6.45, 7) is 2.18. The van der Waals surface area contributed by atoms with E-state index in [0.29, 0.717) is 12.1 Å². The van der Waals surface area contributed by atoms with E-state index in [-0.39, 0.29) is 11.3 Å². The lowest BCUT2D eigenvalue weighted by atomic mass is 10.1. The van der Waals surface area contributed by atoms with Crippen LogP contribution in [0.1, 0.15) is 22.3 Å². The average molecular weight is 280 g/mol. The van der Waals surface area contributed by atoms with Gasteiger partial charge in [0.1, 0.15) is 0 Å². The van der Waals surface area contributed by atoms with E-state index >= 15 is 0 Å². The number of primary amides is 1. The molecule has 0 aliphatic heterocycles. The van der Waals surface area contributed by atoms with Crippen LogP contribution in [0, 0.1) is 10.1 Å². The van der Waals surface area contributed by atoms with Crippen LogP contribution in [0.4, 0.5) is 5.69 Å². The lowest BCUT2D eigenvalue weighted by Gasteiger charge is -2.16. The molecule has 0 aliphatic carbocycles. The van der Waals surface area contributed by atoms with Gasteiger partial charge in [-0.2, -0.15) is 0 Å². The van der Waals surface area contributed by atoms with Gasteiger partial charge in [0.2, 0.25) is 5.91 Å². The first-order valence-corrected chi connectivity index (χ1v) is 6.36. The highest BCUT2D eigenvalue weighted by molar-refractivity contribution is 5.93. The van der Waals surface area contributed by atoms with E-state index in [9.17, 15) is 14.9 Å². The van der Waals surface area contributed by atoms with Crippen LogP contribution in [0.5, 0.6) is 0 Å². The number of hydrogen-bond donors (Lipinski definition) is 2. The Morgan fingerprint density at radius 1 is 1.50 bits per heavy atom. The van der Waals surface area contributed by atoms with E-state index in [1.54, 1.807) is 6.07 Å². The molecular weight excluding hydrogens is 260 g/mol. The molecule has 0 saturated carbocycles. The minimum Gasteiger partial charge on any atom is -0.366 e. The molecule has 0 aromatic heterocycles. The first kappa shape index (κ1) is 16.1. The Morgan fingerprint density at radius 3 is 2.75 bits per heavy atom. The summed E-state index contributed by atoms with van der Waals surface area (Å²) in [5, 5.41) is 14.1. The lowest BCUT2D eigenvalue weighted by molar-refractivity contribution is -0.385. The number of benzene rings is 1. The van der Waals surface area contributed by atoms with Crippen LogP contribution in [-0.4, -0.2) is 42.9 Å². The molecule has 7 heteroatoms.